The molecule has 15 rings (SSSR count). The van der Waals surface area contributed by atoms with E-state index in [0.717, 1.165) is 0 Å². The molecule has 2 nitrogen and oxygen atoms in total. The Hall–Kier alpha value is -7.10. The Labute approximate surface area is 424 Å². The normalized spacial score (nSPS) is 14.6. The van der Waals surface area contributed by atoms with Gasteiger partial charge in [0.15, 0.2) is 0 Å². The summed E-state index contributed by atoms with van der Waals surface area (Å²) >= 11 is 0. The quantitative estimate of drug-likeness (QED) is 0.152. The van der Waals surface area contributed by atoms with E-state index in [1.807, 2.05) is 0 Å². The second-order valence-electron chi connectivity index (χ2n) is 24.4. The molecule has 0 atom stereocenters. The van der Waals surface area contributed by atoms with Crippen molar-refractivity contribution in [3.63, 3.8) is 0 Å². The molecule has 2 aromatic heterocycles. The van der Waals surface area contributed by atoms with Gasteiger partial charge in [0.2, 0.25) is 0 Å². The first-order valence-electron chi connectivity index (χ1n) is 26.9. The molecule has 0 radical (unpaired) electrons. The van der Waals surface area contributed by atoms with Gasteiger partial charge in [-0.2, -0.15) is 0 Å². The maximum absolute atomic E-state index is 2.81. The largest absolute Gasteiger partial charge is 0.310 e. The minimum absolute atomic E-state index is 0.00975. The minimum atomic E-state index is -0.593. The smallest absolute Gasteiger partial charge is 0.252 e. The number of hydrogen-bond acceptors (Lipinski definition) is 0. The summed E-state index contributed by atoms with van der Waals surface area (Å²) in [5.74, 6) is 1.46. The van der Waals surface area contributed by atoms with Crippen molar-refractivity contribution in [1.29, 1.82) is 0 Å². The summed E-state index contributed by atoms with van der Waals surface area (Å²) in [6, 6.07) is 58.9. The molecule has 1 spiro atoms. The molecule has 0 amide bonds. The maximum Gasteiger partial charge on any atom is 0.252 e. The highest BCUT2D eigenvalue weighted by molar-refractivity contribution is 7.00. The molecule has 0 saturated heterocycles. The lowest BCUT2D eigenvalue weighted by atomic mass is 9.33. The Balaban J connectivity index is 1.26. The van der Waals surface area contributed by atoms with Gasteiger partial charge in [-0.05, 0) is 159 Å². The summed E-state index contributed by atoms with van der Waals surface area (Å²) in [4.78, 5) is 0. The molecule has 0 N–H and O–H groups in total. The molecule has 0 fully saturated rings. The predicted molar refractivity (Wildman–Crippen MR) is 309 cm³/mol. The van der Waals surface area contributed by atoms with Gasteiger partial charge in [0.05, 0.1) is 22.1 Å². The van der Waals surface area contributed by atoms with E-state index < -0.39 is 5.41 Å². The Morgan fingerprint density at radius 1 is 0.389 bits per heavy atom. The summed E-state index contributed by atoms with van der Waals surface area (Å²) in [5.41, 5.74) is 29.7. The number of rotatable bonds is 5. The van der Waals surface area contributed by atoms with Crippen LogP contribution in [0.3, 0.4) is 0 Å². The Bertz CT molecular complexity index is 4230. The highest BCUT2D eigenvalue weighted by Gasteiger charge is 2.55. The van der Waals surface area contributed by atoms with Crippen LogP contribution in [0.4, 0.5) is 0 Å². The average molecular weight is 929 g/mol. The fourth-order valence-electron chi connectivity index (χ4n) is 14.7. The van der Waals surface area contributed by atoms with Gasteiger partial charge in [0, 0.05) is 43.8 Å². The fourth-order valence-corrected chi connectivity index (χ4v) is 14.7. The summed E-state index contributed by atoms with van der Waals surface area (Å²) in [6.45, 7) is 26.1. The van der Waals surface area contributed by atoms with Crippen molar-refractivity contribution in [1.82, 2.24) is 9.13 Å². The third-order valence-electron chi connectivity index (χ3n) is 18.1. The van der Waals surface area contributed by atoms with E-state index >= 15 is 0 Å². The van der Waals surface area contributed by atoms with Crippen molar-refractivity contribution in [2.24, 2.45) is 0 Å². The highest BCUT2D eigenvalue weighted by Crippen LogP contribution is 2.63. The number of hydrogen-bond donors (Lipinski definition) is 0. The van der Waals surface area contributed by atoms with Crippen LogP contribution in [0.15, 0.2) is 146 Å². The van der Waals surface area contributed by atoms with Gasteiger partial charge in [0.25, 0.3) is 6.71 Å². The van der Waals surface area contributed by atoms with Crippen LogP contribution in [0, 0.1) is 0 Å². The molecule has 11 aromatic rings. The molecule has 3 aliphatic heterocycles. The molecule has 1 aliphatic carbocycles. The summed E-state index contributed by atoms with van der Waals surface area (Å²) in [6.07, 6.45) is 0. The van der Waals surface area contributed by atoms with Crippen molar-refractivity contribution in [3.8, 4) is 33.6 Å². The second kappa shape index (κ2) is 14.1. The molecule has 350 valence electrons. The van der Waals surface area contributed by atoms with E-state index in [9.17, 15) is 0 Å². The van der Waals surface area contributed by atoms with Gasteiger partial charge >= 0.3 is 0 Å². The first-order chi connectivity index (χ1) is 34.7. The number of nitrogens with zero attached hydrogens (tertiary/aromatic N) is 2. The van der Waals surface area contributed by atoms with Crippen LogP contribution in [0.2, 0.25) is 0 Å². The highest BCUT2D eigenvalue weighted by atomic mass is 15.1. The first kappa shape index (κ1) is 42.6. The average Bonchev–Trinajstić information content (AvgIpc) is 4.02. The zero-order valence-electron chi connectivity index (χ0n) is 43.6. The van der Waals surface area contributed by atoms with E-state index in [2.05, 4.69) is 231 Å². The Morgan fingerprint density at radius 2 is 0.917 bits per heavy atom. The molecule has 3 heteroatoms. The van der Waals surface area contributed by atoms with Gasteiger partial charge in [0.1, 0.15) is 0 Å². The van der Waals surface area contributed by atoms with Crippen molar-refractivity contribution in [3.05, 3.63) is 196 Å². The molecule has 0 unspecified atom stereocenters. The van der Waals surface area contributed by atoms with E-state index in [1.54, 1.807) is 0 Å². The molecule has 4 aliphatic rings. The van der Waals surface area contributed by atoms with Crippen LogP contribution >= 0.6 is 0 Å². The van der Waals surface area contributed by atoms with Crippen molar-refractivity contribution >= 4 is 77.5 Å². The van der Waals surface area contributed by atoms with Crippen LogP contribution in [-0.4, -0.2) is 15.8 Å². The van der Waals surface area contributed by atoms with Crippen LogP contribution in [0.5, 0.6) is 0 Å². The third-order valence-corrected chi connectivity index (χ3v) is 18.1. The van der Waals surface area contributed by atoms with Gasteiger partial charge in [-0.15, -0.1) is 0 Å². The van der Waals surface area contributed by atoms with E-state index in [4.69, 9.17) is 0 Å². The lowest BCUT2D eigenvalue weighted by Gasteiger charge is -2.45. The Morgan fingerprint density at radius 3 is 1.54 bits per heavy atom. The SMILES string of the molecule is CC(C)c1ccc2c(c1)c1cc(C(C)C)cc3c1n2-c1c(-c2cccc4c(C(C)(C)C)cccc24)cc2c4c1B3c1cc(C(C)C)cc3c5cc(C(C)C)cc(c5n-4c13)C21c2ccccc2-c2ccccc21. The monoisotopic (exact) mass is 928 g/mol. The van der Waals surface area contributed by atoms with Crippen molar-refractivity contribution in [2.75, 3.05) is 0 Å². The van der Waals surface area contributed by atoms with E-state index in [-0.39, 0.29) is 12.1 Å². The van der Waals surface area contributed by atoms with Gasteiger partial charge in [-0.1, -0.05) is 185 Å². The van der Waals surface area contributed by atoms with E-state index in [1.165, 1.54) is 154 Å². The lowest BCUT2D eigenvalue weighted by molar-refractivity contribution is 0.596. The first-order valence-corrected chi connectivity index (χ1v) is 26.9. The molecular formula is C69H61BN2. The second-order valence-corrected chi connectivity index (χ2v) is 24.4. The molecule has 72 heavy (non-hydrogen) atoms. The maximum atomic E-state index is 2.81. The van der Waals surface area contributed by atoms with Crippen LogP contribution in [-0.2, 0) is 10.8 Å². The molecular weight excluding hydrogens is 868 g/mol. The third kappa shape index (κ3) is 5.08. The number of aromatic nitrogens is 2. The van der Waals surface area contributed by atoms with Crippen LogP contribution < -0.4 is 16.4 Å². The topological polar surface area (TPSA) is 9.86 Å². The lowest BCUT2D eigenvalue weighted by Crippen LogP contribution is -2.61. The van der Waals surface area contributed by atoms with Crippen LogP contribution in [0.25, 0.3) is 88.0 Å². The molecule has 0 saturated carbocycles. The van der Waals surface area contributed by atoms with Crippen molar-refractivity contribution < 1.29 is 0 Å². The summed E-state index contributed by atoms with van der Waals surface area (Å²) in [7, 11) is 0. The van der Waals surface area contributed by atoms with Gasteiger partial charge < -0.3 is 9.13 Å². The molecule has 0 bridgehead atoms. The number of fused-ring (bicyclic) bond motifs is 15. The minimum Gasteiger partial charge on any atom is -0.310 e. The predicted octanol–water partition coefficient (Wildman–Crippen LogP) is 16.3. The standard InChI is InChI=1S/C69H61BN2/c1-36(2)40-26-27-61-49(28-40)50-30-42(38(5)6)33-59-64(50)71(61)66-53(45-20-16-22-46-44(45)21-17-25-54(46)68(9,10)11)35-58-67-62(66)70(59)60-34-43(39(7)8)31-52-51-29-41(37(3)4)32-57(63(51)72(67)65(52)60)69(58)55-23-14-12-18-47(55)48-19-13-15-24-56(48)69/h12-39H,1-11H3. The zero-order chi connectivity index (χ0) is 49.2. The molecule has 9 aromatic carbocycles. The van der Waals surface area contributed by atoms with Crippen LogP contribution in [0.1, 0.15) is 150 Å². The molecule has 5 heterocycles. The van der Waals surface area contributed by atoms with Gasteiger partial charge in [-0.3, -0.25) is 0 Å². The fraction of sp³-hybridized carbons (Fsp3) is 0.246. The summed E-state index contributed by atoms with van der Waals surface area (Å²) in [5, 5.41) is 8.14. The van der Waals surface area contributed by atoms with E-state index in [0.29, 0.717) is 23.7 Å². The zero-order valence-corrected chi connectivity index (χ0v) is 43.6. The summed E-state index contributed by atoms with van der Waals surface area (Å²) < 4.78 is 5.57. The number of benzene rings is 9. The Kier molecular flexibility index (Phi) is 8.34. The van der Waals surface area contributed by atoms with Crippen molar-refractivity contribution in [2.45, 2.75) is 111 Å². The van der Waals surface area contributed by atoms with Gasteiger partial charge in [-0.25, -0.2) is 0 Å².